The SMILES string of the molecule is CC(=O)N1CCC=C(c2cc(-c3cc(C)nn3C)c3cc(C(=O)N(C)C)[nH]c3c2F)C1. The van der Waals surface area contributed by atoms with Crippen LogP contribution < -0.4 is 0 Å². The van der Waals surface area contributed by atoms with Crippen LogP contribution in [0.15, 0.2) is 24.3 Å². The molecule has 0 unspecified atom stereocenters. The highest BCUT2D eigenvalue weighted by Crippen LogP contribution is 2.37. The van der Waals surface area contributed by atoms with Gasteiger partial charge in [0.05, 0.1) is 16.9 Å². The van der Waals surface area contributed by atoms with Gasteiger partial charge in [-0.05, 0) is 37.1 Å². The fourth-order valence-electron chi connectivity index (χ4n) is 4.13. The number of rotatable bonds is 3. The molecule has 1 aliphatic heterocycles. The maximum absolute atomic E-state index is 15.7. The first-order valence-corrected chi connectivity index (χ1v) is 10.2. The smallest absolute Gasteiger partial charge is 0.269 e. The van der Waals surface area contributed by atoms with Crippen LogP contribution in [0.5, 0.6) is 0 Å². The van der Waals surface area contributed by atoms with Crippen LogP contribution in [0, 0.1) is 12.7 Å². The highest BCUT2D eigenvalue weighted by molar-refractivity contribution is 6.04. The van der Waals surface area contributed by atoms with Gasteiger partial charge in [0.2, 0.25) is 5.91 Å². The zero-order chi connectivity index (χ0) is 22.4. The van der Waals surface area contributed by atoms with Crippen molar-refractivity contribution in [3.05, 3.63) is 47.0 Å². The fourth-order valence-corrected chi connectivity index (χ4v) is 4.13. The van der Waals surface area contributed by atoms with Crippen molar-refractivity contribution in [2.45, 2.75) is 20.3 Å². The molecule has 0 saturated heterocycles. The largest absolute Gasteiger partial charge is 0.348 e. The monoisotopic (exact) mass is 423 g/mol. The summed E-state index contributed by atoms with van der Waals surface area (Å²) in [6.45, 7) is 4.40. The zero-order valence-corrected chi connectivity index (χ0v) is 18.4. The quantitative estimate of drug-likeness (QED) is 0.702. The minimum Gasteiger partial charge on any atom is -0.348 e. The Bertz CT molecular complexity index is 1230. The van der Waals surface area contributed by atoms with Crippen molar-refractivity contribution in [1.82, 2.24) is 24.6 Å². The van der Waals surface area contributed by atoms with Crippen molar-refractivity contribution < 1.29 is 14.0 Å². The number of aryl methyl sites for hydroxylation is 2. The molecule has 1 N–H and O–H groups in total. The second-order valence-corrected chi connectivity index (χ2v) is 8.21. The van der Waals surface area contributed by atoms with E-state index in [4.69, 9.17) is 0 Å². The maximum atomic E-state index is 15.7. The number of nitrogens with zero attached hydrogens (tertiary/aromatic N) is 4. The summed E-state index contributed by atoms with van der Waals surface area (Å²) >= 11 is 0. The van der Waals surface area contributed by atoms with Crippen LogP contribution in [0.25, 0.3) is 27.7 Å². The van der Waals surface area contributed by atoms with Crippen molar-refractivity contribution in [2.75, 3.05) is 27.2 Å². The Labute approximate surface area is 180 Å². The molecule has 0 bridgehead atoms. The van der Waals surface area contributed by atoms with E-state index in [0.29, 0.717) is 36.2 Å². The van der Waals surface area contributed by atoms with Crippen LogP contribution in [0.2, 0.25) is 0 Å². The van der Waals surface area contributed by atoms with Crippen molar-refractivity contribution >= 4 is 28.3 Å². The van der Waals surface area contributed by atoms with E-state index >= 15 is 4.39 Å². The first-order valence-electron chi connectivity index (χ1n) is 10.2. The van der Waals surface area contributed by atoms with Crippen LogP contribution in [0.3, 0.4) is 0 Å². The number of hydrogen-bond donors (Lipinski definition) is 1. The fraction of sp³-hybridized carbons (Fsp3) is 0.348. The van der Waals surface area contributed by atoms with Gasteiger partial charge in [-0.15, -0.1) is 0 Å². The minimum absolute atomic E-state index is 0.0340. The molecule has 0 atom stereocenters. The minimum atomic E-state index is -0.424. The standard InChI is InChI=1S/C23H26FN5O2/c1-13-9-20(28(5)26-13)17-10-16(15-7-6-8-29(12-15)14(2)30)21(24)22-18(17)11-19(25-22)23(31)27(3)4/h7,9-11,25H,6,8,12H2,1-5H3. The number of carbonyl (C=O) groups excluding carboxylic acids is 2. The molecule has 0 spiro atoms. The second-order valence-electron chi connectivity index (χ2n) is 8.21. The van der Waals surface area contributed by atoms with Gasteiger partial charge in [0, 0.05) is 57.7 Å². The third kappa shape index (κ3) is 3.62. The van der Waals surface area contributed by atoms with E-state index in [1.165, 1.54) is 11.8 Å². The number of hydrogen-bond acceptors (Lipinski definition) is 3. The number of aromatic nitrogens is 3. The molecule has 3 heterocycles. The summed E-state index contributed by atoms with van der Waals surface area (Å²) in [5.41, 5.74) is 4.23. The predicted molar refractivity (Wildman–Crippen MR) is 118 cm³/mol. The molecule has 3 aromatic rings. The Morgan fingerprint density at radius 2 is 1.94 bits per heavy atom. The van der Waals surface area contributed by atoms with Crippen molar-refractivity contribution in [3.63, 3.8) is 0 Å². The number of halogens is 1. The van der Waals surface area contributed by atoms with Gasteiger partial charge in [0.25, 0.3) is 5.91 Å². The normalized spacial score (nSPS) is 14.1. The molecule has 4 rings (SSSR count). The molecule has 1 aliphatic rings. The molecule has 8 heteroatoms. The summed E-state index contributed by atoms with van der Waals surface area (Å²) in [4.78, 5) is 30.6. The lowest BCUT2D eigenvalue weighted by Gasteiger charge is -2.27. The molecular formula is C23H26FN5O2. The van der Waals surface area contributed by atoms with Gasteiger partial charge in [-0.25, -0.2) is 4.39 Å². The molecule has 0 saturated carbocycles. The Balaban J connectivity index is 1.97. The van der Waals surface area contributed by atoms with E-state index < -0.39 is 5.82 Å². The van der Waals surface area contributed by atoms with Crippen LogP contribution in [-0.4, -0.2) is 63.6 Å². The molecule has 0 fully saturated rings. The van der Waals surface area contributed by atoms with Crippen LogP contribution >= 0.6 is 0 Å². The number of fused-ring (bicyclic) bond motifs is 1. The number of H-pyrrole nitrogens is 1. The lowest BCUT2D eigenvalue weighted by molar-refractivity contribution is -0.128. The lowest BCUT2D eigenvalue weighted by atomic mass is 9.95. The molecule has 162 valence electrons. The lowest BCUT2D eigenvalue weighted by Crippen LogP contribution is -2.33. The highest BCUT2D eigenvalue weighted by Gasteiger charge is 2.24. The molecule has 0 aliphatic carbocycles. The molecule has 0 radical (unpaired) electrons. The third-order valence-corrected chi connectivity index (χ3v) is 5.71. The Hall–Kier alpha value is -3.42. The van der Waals surface area contributed by atoms with E-state index in [1.807, 2.05) is 26.1 Å². The molecule has 2 aromatic heterocycles. The number of amides is 2. The first kappa shape index (κ1) is 20.8. The number of aromatic amines is 1. The van der Waals surface area contributed by atoms with Crippen LogP contribution in [-0.2, 0) is 11.8 Å². The molecular weight excluding hydrogens is 397 g/mol. The summed E-state index contributed by atoms with van der Waals surface area (Å²) in [5.74, 6) is -0.690. The molecule has 7 nitrogen and oxygen atoms in total. The van der Waals surface area contributed by atoms with Crippen molar-refractivity contribution in [2.24, 2.45) is 7.05 Å². The summed E-state index contributed by atoms with van der Waals surface area (Å²) in [5, 5.41) is 5.05. The third-order valence-electron chi connectivity index (χ3n) is 5.71. The first-order chi connectivity index (χ1) is 14.7. The van der Waals surface area contributed by atoms with Crippen molar-refractivity contribution in [3.8, 4) is 11.3 Å². The maximum Gasteiger partial charge on any atom is 0.269 e. The van der Waals surface area contributed by atoms with Gasteiger partial charge < -0.3 is 14.8 Å². The summed E-state index contributed by atoms with van der Waals surface area (Å²) < 4.78 is 17.5. The van der Waals surface area contributed by atoms with E-state index in [1.54, 1.807) is 35.8 Å². The summed E-state index contributed by atoms with van der Waals surface area (Å²) in [6, 6.07) is 5.44. The Morgan fingerprint density at radius 3 is 2.55 bits per heavy atom. The van der Waals surface area contributed by atoms with Gasteiger partial charge in [-0.1, -0.05) is 6.08 Å². The van der Waals surface area contributed by atoms with E-state index in [9.17, 15) is 9.59 Å². The summed E-state index contributed by atoms with van der Waals surface area (Å²) in [6.07, 6.45) is 2.65. The predicted octanol–water partition coefficient (Wildman–Crippen LogP) is 3.35. The van der Waals surface area contributed by atoms with Crippen molar-refractivity contribution in [1.29, 1.82) is 0 Å². The average molecular weight is 423 g/mol. The topological polar surface area (TPSA) is 74.2 Å². The summed E-state index contributed by atoms with van der Waals surface area (Å²) in [7, 11) is 5.15. The van der Waals surface area contributed by atoms with E-state index in [2.05, 4.69) is 10.1 Å². The van der Waals surface area contributed by atoms with Gasteiger partial charge in [-0.2, -0.15) is 5.10 Å². The number of carbonyl (C=O) groups is 2. The molecule has 31 heavy (non-hydrogen) atoms. The Kier molecular flexibility index (Phi) is 5.16. The number of benzene rings is 1. The number of nitrogens with one attached hydrogen (secondary N) is 1. The van der Waals surface area contributed by atoms with E-state index in [0.717, 1.165) is 22.5 Å². The zero-order valence-electron chi connectivity index (χ0n) is 18.4. The molecule has 2 amide bonds. The van der Waals surface area contributed by atoms with Crippen LogP contribution in [0.4, 0.5) is 4.39 Å². The Morgan fingerprint density at radius 1 is 1.19 bits per heavy atom. The molecule has 1 aromatic carbocycles. The van der Waals surface area contributed by atoms with E-state index in [-0.39, 0.29) is 17.3 Å². The van der Waals surface area contributed by atoms with Gasteiger partial charge >= 0.3 is 0 Å². The van der Waals surface area contributed by atoms with Gasteiger partial charge in [-0.3, -0.25) is 14.3 Å². The second kappa shape index (κ2) is 7.68. The highest BCUT2D eigenvalue weighted by atomic mass is 19.1. The van der Waals surface area contributed by atoms with Gasteiger partial charge in [0.15, 0.2) is 5.82 Å². The average Bonchev–Trinajstić information content (AvgIpc) is 3.31. The van der Waals surface area contributed by atoms with Crippen LogP contribution in [0.1, 0.15) is 35.1 Å². The van der Waals surface area contributed by atoms with Gasteiger partial charge in [0.1, 0.15) is 5.69 Å².